The number of nitro benzene ring substituents is 1. The lowest BCUT2D eigenvalue weighted by Crippen LogP contribution is -2.01. The molecule has 0 aliphatic heterocycles. The summed E-state index contributed by atoms with van der Waals surface area (Å²) in [6, 6.07) is 5.33. The summed E-state index contributed by atoms with van der Waals surface area (Å²) in [4.78, 5) is 11.1. The maximum Gasteiger partial charge on any atom is 0.271 e. The smallest absolute Gasteiger partial charge is 0.271 e. The normalized spacial score (nSPS) is 10.3. The van der Waals surface area contributed by atoms with Gasteiger partial charge in [0.15, 0.2) is 0 Å². The van der Waals surface area contributed by atoms with Crippen molar-refractivity contribution in [1.29, 1.82) is 0 Å². The van der Waals surface area contributed by atoms with Crippen LogP contribution in [0.5, 0.6) is 0 Å². The Morgan fingerprint density at radius 3 is 2.83 bits per heavy atom. The van der Waals surface area contributed by atoms with E-state index in [1.807, 2.05) is 11.4 Å². The SMILES string of the molecule is O=[N+]([O-])c1ccc(F)c(NCc2cc(Br)cs2)c1. The minimum absolute atomic E-state index is 0.133. The monoisotopic (exact) mass is 330 g/mol. The van der Waals surface area contributed by atoms with Gasteiger partial charge in [0.1, 0.15) is 5.82 Å². The van der Waals surface area contributed by atoms with Crippen LogP contribution >= 0.6 is 27.3 Å². The Labute approximate surface area is 115 Å². The third kappa shape index (κ3) is 3.05. The summed E-state index contributed by atoms with van der Waals surface area (Å²) < 4.78 is 14.4. The number of thiophene rings is 1. The molecule has 0 radical (unpaired) electrons. The first-order valence-electron chi connectivity index (χ1n) is 4.97. The van der Waals surface area contributed by atoms with Crippen LogP contribution in [-0.4, -0.2) is 4.92 Å². The van der Waals surface area contributed by atoms with Gasteiger partial charge >= 0.3 is 0 Å². The number of rotatable bonds is 4. The highest BCUT2D eigenvalue weighted by Crippen LogP contribution is 2.24. The Morgan fingerprint density at radius 2 is 2.22 bits per heavy atom. The first-order valence-corrected chi connectivity index (χ1v) is 6.64. The first kappa shape index (κ1) is 13.0. The van der Waals surface area contributed by atoms with E-state index in [0.717, 1.165) is 21.5 Å². The highest BCUT2D eigenvalue weighted by Gasteiger charge is 2.10. The number of nitrogens with zero attached hydrogens (tertiary/aromatic N) is 1. The van der Waals surface area contributed by atoms with Crippen LogP contribution in [0.4, 0.5) is 15.8 Å². The van der Waals surface area contributed by atoms with Crippen LogP contribution in [0.3, 0.4) is 0 Å². The molecule has 1 aromatic heterocycles. The lowest BCUT2D eigenvalue weighted by Gasteiger charge is -2.05. The average Bonchev–Trinajstić information content (AvgIpc) is 2.74. The molecule has 94 valence electrons. The topological polar surface area (TPSA) is 55.2 Å². The Hall–Kier alpha value is -1.47. The van der Waals surface area contributed by atoms with E-state index in [1.165, 1.54) is 17.4 Å². The van der Waals surface area contributed by atoms with Crippen molar-refractivity contribution in [2.45, 2.75) is 6.54 Å². The zero-order chi connectivity index (χ0) is 13.1. The van der Waals surface area contributed by atoms with E-state index in [-0.39, 0.29) is 11.4 Å². The molecule has 0 atom stereocenters. The second-order valence-electron chi connectivity index (χ2n) is 3.51. The maximum atomic E-state index is 13.5. The van der Waals surface area contributed by atoms with Crippen LogP contribution in [0.15, 0.2) is 34.1 Å². The number of hydrogen-bond donors (Lipinski definition) is 1. The minimum Gasteiger partial charge on any atom is -0.378 e. The molecule has 0 spiro atoms. The summed E-state index contributed by atoms with van der Waals surface area (Å²) in [6.07, 6.45) is 0. The highest BCUT2D eigenvalue weighted by molar-refractivity contribution is 9.10. The number of nitro groups is 1. The third-order valence-corrected chi connectivity index (χ3v) is 3.93. The molecule has 0 saturated heterocycles. The summed E-state index contributed by atoms with van der Waals surface area (Å²) >= 11 is 4.84. The second kappa shape index (κ2) is 5.45. The third-order valence-electron chi connectivity index (χ3n) is 2.24. The molecule has 1 N–H and O–H groups in total. The van der Waals surface area contributed by atoms with Crippen LogP contribution < -0.4 is 5.32 Å². The number of anilines is 1. The average molecular weight is 331 g/mol. The lowest BCUT2D eigenvalue weighted by atomic mass is 10.2. The van der Waals surface area contributed by atoms with Gasteiger partial charge in [-0.3, -0.25) is 10.1 Å². The standard InChI is InChI=1S/C11H8BrFN2O2S/c12-7-3-9(18-6-7)5-14-11-4-8(15(16)17)1-2-10(11)13/h1-4,6,14H,5H2. The summed E-state index contributed by atoms with van der Waals surface area (Å²) in [5, 5.41) is 15.4. The van der Waals surface area contributed by atoms with Crippen molar-refractivity contribution in [2.24, 2.45) is 0 Å². The second-order valence-corrected chi connectivity index (χ2v) is 5.42. The quantitative estimate of drug-likeness (QED) is 0.676. The lowest BCUT2D eigenvalue weighted by molar-refractivity contribution is -0.384. The number of nitrogens with one attached hydrogen (secondary N) is 1. The van der Waals surface area contributed by atoms with Crippen molar-refractivity contribution in [2.75, 3.05) is 5.32 Å². The van der Waals surface area contributed by atoms with Crippen molar-refractivity contribution in [1.82, 2.24) is 0 Å². The molecule has 0 unspecified atom stereocenters. The number of non-ortho nitro benzene ring substituents is 1. The van der Waals surface area contributed by atoms with Crippen molar-refractivity contribution in [3.05, 3.63) is 54.9 Å². The van der Waals surface area contributed by atoms with Crippen molar-refractivity contribution >= 4 is 38.6 Å². The minimum atomic E-state index is -0.549. The molecule has 0 fully saturated rings. The van der Waals surface area contributed by atoms with Crippen LogP contribution in [0.25, 0.3) is 0 Å². The van der Waals surface area contributed by atoms with Gasteiger partial charge in [0.05, 0.1) is 10.6 Å². The van der Waals surface area contributed by atoms with Crippen molar-refractivity contribution in [3.63, 3.8) is 0 Å². The van der Waals surface area contributed by atoms with Gasteiger partial charge in [0, 0.05) is 33.4 Å². The maximum absolute atomic E-state index is 13.5. The fourth-order valence-electron chi connectivity index (χ4n) is 1.39. The van der Waals surface area contributed by atoms with Crippen LogP contribution in [-0.2, 0) is 6.54 Å². The van der Waals surface area contributed by atoms with E-state index in [2.05, 4.69) is 21.2 Å². The zero-order valence-electron chi connectivity index (χ0n) is 9.02. The molecule has 2 aromatic rings. The molecule has 2 rings (SSSR count). The van der Waals surface area contributed by atoms with Crippen LogP contribution in [0, 0.1) is 15.9 Å². The van der Waals surface area contributed by atoms with Gasteiger partial charge in [-0.15, -0.1) is 11.3 Å². The van der Waals surface area contributed by atoms with Crippen molar-refractivity contribution in [3.8, 4) is 0 Å². The van der Waals surface area contributed by atoms with Crippen LogP contribution in [0.2, 0.25) is 0 Å². The van der Waals surface area contributed by atoms with Gasteiger partial charge in [-0.25, -0.2) is 4.39 Å². The zero-order valence-corrected chi connectivity index (χ0v) is 11.4. The number of halogens is 2. The van der Waals surface area contributed by atoms with E-state index in [1.54, 1.807) is 0 Å². The van der Waals surface area contributed by atoms with Gasteiger partial charge in [-0.1, -0.05) is 0 Å². The Morgan fingerprint density at radius 1 is 1.44 bits per heavy atom. The molecule has 7 heteroatoms. The van der Waals surface area contributed by atoms with E-state index in [4.69, 9.17) is 0 Å². The summed E-state index contributed by atoms with van der Waals surface area (Å²) in [6.45, 7) is 0.425. The molecule has 1 heterocycles. The highest BCUT2D eigenvalue weighted by atomic mass is 79.9. The largest absolute Gasteiger partial charge is 0.378 e. The van der Waals surface area contributed by atoms with Crippen molar-refractivity contribution < 1.29 is 9.31 Å². The predicted octanol–water partition coefficient (Wildman–Crippen LogP) is 4.17. The molecular weight excluding hydrogens is 323 g/mol. The van der Waals surface area contributed by atoms with Gasteiger partial charge in [0.2, 0.25) is 0 Å². The predicted molar refractivity (Wildman–Crippen MR) is 72.4 cm³/mol. The number of benzene rings is 1. The molecular formula is C11H8BrFN2O2S. The molecule has 0 aliphatic rings. The van der Waals surface area contributed by atoms with Gasteiger partial charge in [-0.2, -0.15) is 0 Å². The van der Waals surface area contributed by atoms with Gasteiger partial charge in [-0.05, 0) is 28.1 Å². The molecule has 18 heavy (non-hydrogen) atoms. The fraction of sp³-hybridized carbons (Fsp3) is 0.0909. The molecule has 0 amide bonds. The molecule has 0 saturated carbocycles. The summed E-state index contributed by atoms with van der Waals surface area (Å²) in [5.41, 5.74) is -0.0000161. The van der Waals surface area contributed by atoms with E-state index in [9.17, 15) is 14.5 Å². The molecule has 1 aromatic carbocycles. The fourth-order valence-corrected chi connectivity index (χ4v) is 2.78. The van der Waals surface area contributed by atoms with E-state index in [0.29, 0.717) is 6.54 Å². The van der Waals surface area contributed by atoms with E-state index >= 15 is 0 Å². The summed E-state index contributed by atoms with van der Waals surface area (Å²) in [7, 11) is 0. The summed E-state index contributed by atoms with van der Waals surface area (Å²) in [5.74, 6) is -0.503. The first-order chi connectivity index (χ1) is 8.56. The Kier molecular flexibility index (Phi) is 3.93. The van der Waals surface area contributed by atoms with E-state index < -0.39 is 10.7 Å². The molecule has 0 aliphatic carbocycles. The Bertz CT molecular complexity index is 588. The van der Waals surface area contributed by atoms with Gasteiger partial charge in [0.25, 0.3) is 5.69 Å². The molecule has 0 bridgehead atoms. The number of hydrogen-bond acceptors (Lipinski definition) is 4. The van der Waals surface area contributed by atoms with Gasteiger partial charge < -0.3 is 5.32 Å². The van der Waals surface area contributed by atoms with Crippen LogP contribution in [0.1, 0.15) is 4.88 Å². The molecule has 4 nitrogen and oxygen atoms in total. The Balaban J connectivity index is 2.13.